The van der Waals surface area contributed by atoms with Gasteiger partial charge in [0.1, 0.15) is 11.6 Å². The SMILES string of the molecule is Cc1nc(C(=O)Nc2ccccc2C(=O)N2C[C@H](C)O[C@@H](C)C2)nn1-c1ccc(F)cc1. The van der Waals surface area contributed by atoms with Crippen LogP contribution in [0.1, 0.15) is 40.6 Å². The molecule has 2 heterocycles. The molecule has 1 aliphatic rings. The van der Waals surface area contributed by atoms with Crippen LogP contribution in [0.15, 0.2) is 48.5 Å². The van der Waals surface area contributed by atoms with Crippen molar-refractivity contribution in [2.45, 2.75) is 33.0 Å². The standard InChI is InChI=1S/C23H24FN5O3/c1-14-12-28(13-15(2)32-14)23(31)19-6-4-5-7-20(19)26-22(30)21-25-16(3)29(27-21)18-10-8-17(24)9-11-18/h4-11,14-15H,12-13H2,1-3H3,(H,26,30)/t14-,15-/m0/s1. The molecule has 166 valence electrons. The second kappa shape index (κ2) is 8.88. The molecule has 32 heavy (non-hydrogen) atoms. The van der Waals surface area contributed by atoms with Gasteiger partial charge in [0.2, 0.25) is 5.82 Å². The number of nitrogens with zero attached hydrogens (tertiary/aromatic N) is 4. The third kappa shape index (κ3) is 4.52. The zero-order chi connectivity index (χ0) is 22.8. The Bertz CT molecular complexity index is 1130. The summed E-state index contributed by atoms with van der Waals surface area (Å²) in [4.78, 5) is 32.0. The number of halogens is 1. The van der Waals surface area contributed by atoms with Crippen LogP contribution in [0, 0.1) is 12.7 Å². The van der Waals surface area contributed by atoms with Crippen molar-refractivity contribution in [3.63, 3.8) is 0 Å². The summed E-state index contributed by atoms with van der Waals surface area (Å²) in [7, 11) is 0. The van der Waals surface area contributed by atoms with Gasteiger partial charge in [0.05, 0.1) is 29.1 Å². The molecule has 1 aromatic heterocycles. The molecule has 0 bridgehead atoms. The predicted molar refractivity (Wildman–Crippen MR) is 116 cm³/mol. The third-order valence-corrected chi connectivity index (χ3v) is 5.16. The fraction of sp³-hybridized carbons (Fsp3) is 0.304. The first kappa shape index (κ1) is 21.6. The van der Waals surface area contributed by atoms with Gasteiger partial charge in [-0.25, -0.2) is 14.1 Å². The molecule has 0 aliphatic carbocycles. The van der Waals surface area contributed by atoms with Crippen molar-refractivity contribution < 1.29 is 18.7 Å². The summed E-state index contributed by atoms with van der Waals surface area (Å²) in [5.74, 6) is -0.665. The fourth-order valence-corrected chi connectivity index (χ4v) is 3.78. The van der Waals surface area contributed by atoms with E-state index in [1.807, 2.05) is 13.8 Å². The Morgan fingerprint density at radius 2 is 1.72 bits per heavy atom. The molecule has 8 nitrogen and oxygen atoms in total. The highest BCUT2D eigenvalue weighted by Gasteiger charge is 2.28. The molecular formula is C23H24FN5O3. The minimum Gasteiger partial charge on any atom is -0.372 e. The summed E-state index contributed by atoms with van der Waals surface area (Å²) >= 11 is 0. The van der Waals surface area contributed by atoms with Gasteiger partial charge in [0.25, 0.3) is 11.8 Å². The van der Waals surface area contributed by atoms with Crippen LogP contribution in [0.25, 0.3) is 5.69 Å². The Morgan fingerprint density at radius 1 is 1.06 bits per heavy atom. The molecule has 2 amide bonds. The number of benzene rings is 2. The number of carbonyl (C=O) groups is 2. The minimum absolute atomic E-state index is 0.0531. The first-order chi connectivity index (χ1) is 15.3. The smallest absolute Gasteiger partial charge is 0.295 e. The Hall–Kier alpha value is -3.59. The van der Waals surface area contributed by atoms with Crippen molar-refractivity contribution in [2.75, 3.05) is 18.4 Å². The van der Waals surface area contributed by atoms with Crippen LogP contribution >= 0.6 is 0 Å². The van der Waals surface area contributed by atoms with Crippen molar-refractivity contribution in [1.82, 2.24) is 19.7 Å². The molecule has 2 aromatic carbocycles. The van der Waals surface area contributed by atoms with Gasteiger partial charge in [-0.1, -0.05) is 12.1 Å². The van der Waals surface area contributed by atoms with Crippen LogP contribution in [-0.4, -0.2) is 56.8 Å². The number of carbonyl (C=O) groups excluding carboxylic acids is 2. The summed E-state index contributed by atoms with van der Waals surface area (Å²) in [6, 6.07) is 12.6. The number of hydrogen-bond acceptors (Lipinski definition) is 5. The number of anilines is 1. The van der Waals surface area contributed by atoms with E-state index in [2.05, 4.69) is 15.4 Å². The van der Waals surface area contributed by atoms with Gasteiger partial charge < -0.3 is 15.0 Å². The van der Waals surface area contributed by atoms with Crippen LogP contribution < -0.4 is 5.32 Å². The summed E-state index contributed by atoms with van der Waals surface area (Å²) in [5.41, 5.74) is 1.35. The molecule has 0 radical (unpaired) electrons. The number of morpholine rings is 1. The van der Waals surface area contributed by atoms with Gasteiger partial charge in [-0.3, -0.25) is 9.59 Å². The number of nitrogens with one attached hydrogen (secondary N) is 1. The van der Waals surface area contributed by atoms with E-state index in [9.17, 15) is 14.0 Å². The summed E-state index contributed by atoms with van der Waals surface area (Å²) in [5, 5.41) is 7.00. The quantitative estimate of drug-likeness (QED) is 0.677. The monoisotopic (exact) mass is 437 g/mol. The van der Waals surface area contributed by atoms with E-state index in [0.29, 0.717) is 35.9 Å². The van der Waals surface area contributed by atoms with E-state index in [0.717, 1.165) is 0 Å². The Labute approximate surface area is 185 Å². The Kier molecular flexibility index (Phi) is 6.00. The molecular weight excluding hydrogens is 413 g/mol. The highest BCUT2D eigenvalue weighted by molar-refractivity contribution is 6.07. The molecule has 4 rings (SSSR count). The van der Waals surface area contributed by atoms with Gasteiger partial charge >= 0.3 is 0 Å². The van der Waals surface area contributed by atoms with Crippen molar-refractivity contribution in [1.29, 1.82) is 0 Å². The summed E-state index contributed by atoms with van der Waals surface area (Å²) in [6.07, 6.45) is -0.126. The normalized spacial score (nSPS) is 18.4. The van der Waals surface area contributed by atoms with E-state index < -0.39 is 5.91 Å². The van der Waals surface area contributed by atoms with Gasteiger partial charge in [0.15, 0.2) is 0 Å². The summed E-state index contributed by atoms with van der Waals surface area (Å²) < 4.78 is 20.4. The van der Waals surface area contributed by atoms with E-state index in [1.165, 1.54) is 16.8 Å². The first-order valence-corrected chi connectivity index (χ1v) is 10.4. The molecule has 1 N–H and O–H groups in total. The zero-order valence-corrected chi connectivity index (χ0v) is 18.1. The Balaban J connectivity index is 1.55. The van der Waals surface area contributed by atoms with Gasteiger partial charge in [-0.05, 0) is 57.2 Å². The maximum absolute atomic E-state index is 13.2. The summed E-state index contributed by atoms with van der Waals surface area (Å²) in [6.45, 7) is 6.51. The Morgan fingerprint density at radius 3 is 2.41 bits per heavy atom. The minimum atomic E-state index is -0.544. The van der Waals surface area contributed by atoms with E-state index in [-0.39, 0.29) is 29.8 Å². The molecule has 1 aliphatic heterocycles. The average molecular weight is 437 g/mol. The number of amides is 2. The van der Waals surface area contributed by atoms with Crippen LogP contribution in [0.2, 0.25) is 0 Å². The van der Waals surface area contributed by atoms with Crippen LogP contribution in [0.5, 0.6) is 0 Å². The number of para-hydroxylation sites is 1. The number of aromatic nitrogens is 3. The van der Waals surface area contributed by atoms with Crippen molar-refractivity contribution >= 4 is 17.5 Å². The van der Waals surface area contributed by atoms with Gasteiger partial charge in [-0.15, -0.1) is 5.10 Å². The molecule has 0 unspecified atom stereocenters. The van der Waals surface area contributed by atoms with Gasteiger partial charge in [-0.2, -0.15) is 0 Å². The lowest BCUT2D eigenvalue weighted by Gasteiger charge is -2.35. The maximum atomic E-state index is 13.2. The average Bonchev–Trinajstić information content (AvgIpc) is 3.15. The van der Waals surface area contributed by atoms with E-state index >= 15 is 0 Å². The molecule has 0 saturated carbocycles. The van der Waals surface area contributed by atoms with Crippen LogP contribution in [-0.2, 0) is 4.74 Å². The van der Waals surface area contributed by atoms with E-state index in [1.54, 1.807) is 48.2 Å². The lowest BCUT2D eigenvalue weighted by atomic mass is 10.1. The lowest BCUT2D eigenvalue weighted by Crippen LogP contribution is -2.48. The number of ether oxygens (including phenoxy) is 1. The second-order valence-corrected chi connectivity index (χ2v) is 7.84. The van der Waals surface area contributed by atoms with Crippen molar-refractivity contribution in [3.8, 4) is 5.69 Å². The van der Waals surface area contributed by atoms with Crippen LogP contribution in [0.3, 0.4) is 0 Å². The predicted octanol–water partition coefficient (Wildman–Crippen LogP) is 3.22. The number of aryl methyl sites for hydroxylation is 1. The molecule has 0 spiro atoms. The molecule has 3 aromatic rings. The highest BCUT2D eigenvalue weighted by Crippen LogP contribution is 2.21. The molecule has 1 fully saturated rings. The van der Waals surface area contributed by atoms with Gasteiger partial charge in [0, 0.05) is 13.1 Å². The van der Waals surface area contributed by atoms with Crippen molar-refractivity contribution in [3.05, 3.63) is 71.6 Å². The maximum Gasteiger partial charge on any atom is 0.295 e. The lowest BCUT2D eigenvalue weighted by molar-refractivity contribution is -0.0585. The molecule has 9 heteroatoms. The fourth-order valence-electron chi connectivity index (χ4n) is 3.78. The number of hydrogen-bond donors (Lipinski definition) is 1. The highest BCUT2D eigenvalue weighted by atomic mass is 19.1. The largest absolute Gasteiger partial charge is 0.372 e. The molecule has 1 saturated heterocycles. The third-order valence-electron chi connectivity index (χ3n) is 5.16. The molecule has 2 atom stereocenters. The van der Waals surface area contributed by atoms with E-state index in [4.69, 9.17) is 4.74 Å². The zero-order valence-electron chi connectivity index (χ0n) is 18.1. The first-order valence-electron chi connectivity index (χ1n) is 10.4. The topological polar surface area (TPSA) is 89.3 Å². The van der Waals surface area contributed by atoms with Crippen molar-refractivity contribution in [2.24, 2.45) is 0 Å². The van der Waals surface area contributed by atoms with Crippen LogP contribution in [0.4, 0.5) is 10.1 Å². The second-order valence-electron chi connectivity index (χ2n) is 7.84. The number of rotatable bonds is 4.